The van der Waals surface area contributed by atoms with Crippen molar-refractivity contribution in [1.82, 2.24) is 4.98 Å². The summed E-state index contributed by atoms with van der Waals surface area (Å²) in [6, 6.07) is 0. The third-order valence-corrected chi connectivity index (χ3v) is 2.85. The molecule has 0 bridgehead atoms. The van der Waals surface area contributed by atoms with E-state index in [0.717, 1.165) is 17.3 Å². The van der Waals surface area contributed by atoms with Crippen LogP contribution in [-0.2, 0) is 10.3 Å². The van der Waals surface area contributed by atoms with Crippen molar-refractivity contribution in [2.24, 2.45) is 0 Å². The van der Waals surface area contributed by atoms with E-state index in [9.17, 15) is 0 Å². The number of hydrogen-bond acceptors (Lipinski definition) is 3. The molecule has 1 saturated heterocycles. The van der Waals surface area contributed by atoms with E-state index in [2.05, 4.69) is 17.3 Å². The topological polar surface area (TPSA) is 25.4 Å². The molecule has 0 amide bonds. The second kappa shape index (κ2) is 1.80. The second-order valence-electron chi connectivity index (χ2n) is 2.81. The van der Waals surface area contributed by atoms with Crippen LogP contribution >= 0.6 is 11.3 Å². The lowest BCUT2D eigenvalue weighted by Crippen LogP contribution is -2.00. The van der Waals surface area contributed by atoms with Crippen molar-refractivity contribution in [3.05, 3.63) is 16.1 Å². The SMILES string of the molecule is Cc1csc([C@@]2(C)CO2)n1. The van der Waals surface area contributed by atoms with Crippen LogP contribution in [0.25, 0.3) is 0 Å². The van der Waals surface area contributed by atoms with Crippen molar-refractivity contribution in [2.45, 2.75) is 19.4 Å². The molecule has 2 nitrogen and oxygen atoms in total. The van der Waals surface area contributed by atoms with Crippen molar-refractivity contribution in [3.63, 3.8) is 0 Å². The smallest absolute Gasteiger partial charge is 0.140 e. The summed E-state index contributed by atoms with van der Waals surface area (Å²) in [4.78, 5) is 4.34. The quantitative estimate of drug-likeness (QED) is 0.577. The molecule has 0 aliphatic carbocycles. The fourth-order valence-corrected chi connectivity index (χ4v) is 1.73. The van der Waals surface area contributed by atoms with Gasteiger partial charge in [-0.15, -0.1) is 11.3 Å². The van der Waals surface area contributed by atoms with Crippen LogP contribution in [0.4, 0.5) is 0 Å². The molecule has 1 aliphatic heterocycles. The summed E-state index contributed by atoms with van der Waals surface area (Å²) in [6.07, 6.45) is 0. The molecule has 1 aromatic heterocycles. The van der Waals surface area contributed by atoms with Gasteiger partial charge < -0.3 is 4.74 Å². The summed E-state index contributed by atoms with van der Waals surface area (Å²) >= 11 is 1.68. The molecule has 0 N–H and O–H groups in total. The lowest BCUT2D eigenvalue weighted by Gasteiger charge is -1.95. The van der Waals surface area contributed by atoms with Gasteiger partial charge in [-0.05, 0) is 13.8 Å². The van der Waals surface area contributed by atoms with Gasteiger partial charge in [-0.25, -0.2) is 4.98 Å². The Morgan fingerprint density at radius 3 is 2.90 bits per heavy atom. The number of ether oxygens (including phenoxy) is 1. The molecular weight excluding hydrogens is 146 g/mol. The van der Waals surface area contributed by atoms with E-state index in [1.54, 1.807) is 11.3 Å². The van der Waals surface area contributed by atoms with Gasteiger partial charge in [0.05, 0.1) is 6.61 Å². The Labute approximate surface area is 63.9 Å². The van der Waals surface area contributed by atoms with Crippen LogP contribution in [0.1, 0.15) is 17.6 Å². The number of aryl methyl sites for hydroxylation is 1. The molecule has 0 spiro atoms. The molecule has 1 aromatic rings. The molecule has 0 saturated carbocycles. The maximum Gasteiger partial charge on any atom is 0.140 e. The number of aromatic nitrogens is 1. The molecule has 1 atom stereocenters. The zero-order valence-electron chi connectivity index (χ0n) is 6.05. The summed E-state index contributed by atoms with van der Waals surface area (Å²) in [5, 5.41) is 3.17. The lowest BCUT2D eigenvalue weighted by molar-refractivity contribution is 0.328. The molecule has 3 heteroatoms. The van der Waals surface area contributed by atoms with E-state index in [-0.39, 0.29) is 5.60 Å². The molecule has 2 heterocycles. The molecule has 0 unspecified atom stereocenters. The predicted octanol–water partition coefficient (Wildman–Crippen LogP) is 1.70. The van der Waals surface area contributed by atoms with E-state index in [4.69, 9.17) is 4.74 Å². The molecule has 2 rings (SSSR count). The van der Waals surface area contributed by atoms with Crippen LogP contribution in [0.2, 0.25) is 0 Å². The van der Waals surface area contributed by atoms with Crippen LogP contribution in [0.15, 0.2) is 5.38 Å². The van der Waals surface area contributed by atoms with Crippen molar-refractivity contribution < 1.29 is 4.74 Å². The Bertz CT molecular complexity index is 252. The van der Waals surface area contributed by atoms with Crippen LogP contribution in [0.5, 0.6) is 0 Å². The van der Waals surface area contributed by atoms with Gasteiger partial charge in [-0.1, -0.05) is 0 Å². The minimum absolute atomic E-state index is 0.0288. The first-order chi connectivity index (χ1) is 4.71. The van der Waals surface area contributed by atoms with Crippen molar-refractivity contribution >= 4 is 11.3 Å². The van der Waals surface area contributed by atoms with Gasteiger partial charge in [0.15, 0.2) is 0 Å². The van der Waals surface area contributed by atoms with Crippen LogP contribution in [0, 0.1) is 6.92 Å². The largest absolute Gasteiger partial charge is 0.362 e. The standard InChI is InChI=1S/C7H9NOS/c1-5-3-10-6(8-5)7(2)4-9-7/h3H,4H2,1-2H3/t7-/m1/s1. The molecular formula is C7H9NOS. The molecule has 10 heavy (non-hydrogen) atoms. The normalized spacial score (nSPS) is 30.6. The highest BCUT2D eigenvalue weighted by Crippen LogP contribution is 2.39. The van der Waals surface area contributed by atoms with Crippen molar-refractivity contribution in [1.29, 1.82) is 0 Å². The number of nitrogens with zero attached hydrogens (tertiary/aromatic N) is 1. The first-order valence-corrected chi connectivity index (χ1v) is 4.15. The second-order valence-corrected chi connectivity index (χ2v) is 3.67. The number of thiazole rings is 1. The minimum Gasteiger partial charge on any atom is -0.362 e. The molecule has 1 fully saturated rings. The zero-order chi connectivity index (χ0) is 7.19. The Morgan fingerprint density at radius 1 is 1.80 bits per heavy atom. The van der Waals surface area contributed by atoms with Gasteiger partial charge in [0.25, 0.3) is 0 Å². The summed E-state index contributed by atoms with van der Waals surface area (Å²) in [5.41, 5.74) is 1.07. The molecule has 1 aliphatic rings. The predicted molar refractivity (Wildman–Crippen MR) is 40.2 cm³/mol. The summed E-state index contributed by atoms with van der Waals surface area (Å²) in [6.45, 7) is 4.91. The highest BCUT2D eigenvalue weighted by Gasteiger charge is 2.43. The van der Waals surface area contributed by atoms with E-state index in [1.165, 1.54) is 0 Å². The Kier molecular flexibility index (Phi) is 1.13. The highest BCUT2D eigenvalue weighted by atomic mass is 32.1. The average Bonchev–Trinajstić information content (AvgIpc) is 2.45. The number of epoxide rings is 1. The number of hydrogen-bond donors (Lipinski definition) is 0. The van der Waals surface area contributed by atoms with Gasteiger partial charge in [0.2, 0.25) is 0 Å². The van der Waals surface area contributed by atoms with Gasteiger partial charge in [-0.3, -0.25) is 0 Å². The van der Waals surface area contributed by atoms with E-state index in [1.807, 2.05) is 6.92 Å². The van der Waals surface area contributed by atoms with Crippen LogP contribution < -0.4 is 0 Å². The molecule has 0 radical (unpaired) electrons. The van der Waals surface area contributed by atoms with Gasteiger partial charge in [0, 0.05) is 11.1 Å². The summed E-state index contributed by atoms with van der Waals surface area (Å²) in [5.74, 6) is 0. The summed E-state index contributed by atoms with van der Waals surface area (Å²) in [7, 11) is 0. The van der Waals surface area contributed by atoms with Crippen LogP contribution in [-0.4, -0.2) is 11.6 Å². The van der Waals surface area contributed by atoms with Gasteiger partial charge in [0.1, 0.15) is 10.6 Å². The molecule has 54 valence electrons. The Balaban J connectivity index is 2.34. The minimum atomic E-state index is -0.0288. The fourth-order valence-electron chi connectivity index (χ4n) is 0.829. The van der Waals surface area contributed by atoms with E-state index in [0.29, 0.717) is 0 Å². The average molecular weight is 155 g/mol. The number of rotatable bonds is 1. The third kappa shape index (κ3) is 0.859. The molecule has 0 aromatic carbocycles. The third-order valence-electron chi connectivity index (χ3n) is 1.65. The first kappa shape index (κ1) is 6.31. The van der Waals surface area contributed by atoms with Crippen molar-refractivity contribution in [3.8, 4) is 0 Å². The van der Waals surface area contributed by atoms with E-state index >= 15 is 0 Å². The maximum atomic E-state index is 5.24. The Hall–Kier alpha value is -0.410. The van der Waals surface area contributed by atoms with Gasteiger partial charge in [-0.2, -0.15) is 0 Å². The van der Waals surface area contributed by atoms with Crippen LogP contribution in [0.3, 0.4) is 0 Å². The highest BCUT2D eigenvalue weighted by molar-refractivity contribution is 7.09. The van der Waals surface area contributed by atoms with Gasteiger partial charge >= 0.3 is 0 Å². The van der Waals surface area contributed by atoms with E-state index < -0.39 is 0 Å². The fraction of sp³-hybridized carbons (Fsp3) is 0.571. The van der Waals surface area contributed by atoms with Crippen molar-refractivity contribution in [2.75, 3.05) is 6.61 Å². The Morgan fingerprint density at radius 2 is 2.50 bits per heavy atom. The first-order valence-electron chi connectivity index (χ1n) is 3.27. The monoisotopic (exact) mass is 155 g/mol. The lowest BCUT2D eigenvalue weighted by atomic mass is 10.2. The zero-order valence-corrected chi connectivity index (χ0v) is 6.86. The summed E-state index contributed by atoms with van der Waals surface area (Å²) < 4.78 is 5.24. The maximum absolute atomic E-state index is 5.24.